The fourth-order valence-corrected chi connectivity index (χ4v) is 1.53. The molecule has 1 aromatic rings. The van der Waals surface area contributed by atoms with E-state index in [-0.39, 0.29) is 37.1 Å². The lowest BCUT2D eigenvalue weighted by atomic mass is 10.2. The van der Waals surface area contributed by atoms with Crippen LogP contribution in [0.1, 0.15) is 23.4 Å². The van der Waals surface area contributed by atoms with Crippen molar-refractivity contribution in [3.63, 3.8) is 0 Å². The molecule has 0 spiro atoms. The van der Waals surface area contributed by atoms with Gasteiger partial charge in [-0.05, 0) is 18.6 Å². The van der Waals surface area contributed by atoms with Crippen LogP contribution in [-0.4, -0.2) is 49.8 Å². The first kappa shape index (κ1) is 16.2. The fourth-order valence-electron chi connectivity index (χ4n) is 1.53. The molecule has 0 saturated carbocycles. The van der Waals surface area contributed by atoms with Gasteiger partial charge in [0.25, 0.3) is 5.91 Å². The number of carbonyl (C=O) groups excluding carboxylic acids is 2. The normalized spacial score (nSPS) is 11.9. The van der Waals surface area contributed by atoms with E-state index in [9.17, 15) is 14.7 Å². The molecule has 0 saturated heterocycles. The van der Waals surface area contributed by atoms with Gasteiger partial charge in [0.05, 0.1) is 19.0 Å². The maximum Gasteiger partial charge on any atom is 0.286 e. The van der Waals surface area contributed by atoms with Crippen molar-refractivity contribution in [3.05, 3.63) is 24.2 Å². The number of nitrogens with one attached hydrogen (secondary N) is 2. The highest BCUT2D eigenvalue weighted by Crippen LogP contribution is 1.98. The second kappa shape index (κ2) is 9.11. The lowest BCUT2D eigenvalue weighted by Gasteiger charge is -2.10. The smallest absolute Gasteiger partial charge is 0.286 e. The lowest BCUT2D eigenvalue weighted by Crippen LogP contribution is -2.32. The SMILES string of the molecule is COCC(O)CCNC(=O)CCNC(=O)c1ccco1. The minimum absolute atomic E-state index is 0.173. The molecular weight excluding hydrogens is 264 g/mol. The van der Waals surface area contributed by atoms with Crippen molar-refractivity contribution in [2.45, 2.75) is 18.9 Å². The Morgan fingerprint density at radius 2 is 2.20 bits per heavy atom. The van der Waals surface area contributed by atoms with Crippen molar-refractivity contribution in [2.75, 3.05) is 26.8 Å². The molecule has 3 N–H and O–H groups in total. The molecule has 7 nitrogen and oxygen atoms in total. The molecule has 0 bridgehead atoms. The zero-order valence-corrected chi connectivity index (χ0v) is 11.4. The Morgan fingerprint density at radius 1 is 1.40 bits per heavy atom. The Labute approximate surface area is 117 Å². The van der Waals surface area contributed by atoms with Gasteiger partial charge in [-0.25, -0.2) is 0 Å². The zero-order chi connectivity index (χ0) is 14.8. The van der Waals surface area contributed by atoms with Gasteiger partial charge >= 0.3 is 0 Å². The Morgan fingerprint density at radius 3 is 2.85 bits per heavy atom. The van der Waals surface area contributed by atoms with Crippen molar-refractivity contribution in [1.29, 1.82) is 0 Å². The second-order valence-electron chi connectivity index (χ2n) is 4.23. The molecule has 0 aliphatic heterocycles. The zero-order valence-electron chi connectivity index (χ0n) is 11.4. The summed E-state index contributed by atoms with van der Waals surface area (Å²) in [5.41, 5.74) is 0. The second-order valence-corrected chi connectivity index (χ2v) is 4.23. The molecule has 0 aliphatic rings. The topological polar surface area (TPSA) is 101 Å². The molecule has 112 valence electrons. The van der Waals surface area contributed by atoms with Gasteiger partial charge in [-0.3, -0.25) is 9.59 Å². The third-order valence-corrected chi connectivity index (χ3v) is 2.54. The van der Waals surface area contributed by atoms with Gasteiger partial charge in [-0.2, -0.15) is 0 Å². The predicted molar refractivity (Wildman–Crippen MR) is 71.2 cm³/mol. The molecule has 1 rings (SSSR count). The summed E-state index contributed by atoms with van der Waals surface area (Å²) in [6.07, 6.45) is 1.43. The molecule has 0 aliphatic carbocycles. The first-order valence-corrected chi connectivity index (χ1v) is 6.39. The van der Waals surface area contributed by atoms with E-state index in [0.29, 0.717) is 13.0 Å². The Balaban J connectivity index is 2.07. The van der Waals surface area contributed by atoms with E-state index in [2.05, 4.69) is 10.6 Å². The van der Waals surface area contributed by atoms with Crippen LogP contribution in [0, 0.1) is 0 Å². The summed E-state index contributed by atoms with van der Waals surface area (Å²) < 4.78 is 9.68. The highest BCUT2D eigenvalue weighted by Gasteiger charge is 2.09. The number of furan rings is 1. The van der Waals surface area contributed by atoms with Gasteiger partial charge in [0.2, 0.25) is 5.91 Å². The molecule has 1 atom stereocenters. The van der Waals surface area contributed by atoms with Crippen LogP contribution in [0.4, 0.5) is 0 Å². The quantitative estimate of drug-likeness (QED) is 0.588. The number of hydrogen-bond donors (Lipinski definition) is 3. The van der Waals surface area contributed by atoms with Crippen LogP contribution in [0.25, 0.3) is 0 Å². The van der Waals surface area contributed by atoms with Crippen molar-refractivity contribution >= 4 is 11.8 Å². The first-order valence-electron chi connectivity index (χ1n) is 6.39. The van der Waals surface area contributed by atoms with Crippen LogP contribution in [0.2, 0.25) is 0 Å². The lowest BCUT2D eigenvalue weighted by molar-refractivity contribution is -0.121. The molecule has 1 aromatic heterocycles. The van der Waals surface area contributed by atoms with Gasteiger partial charge in [0, 0.05) is 26.6 Å². The minimum atomic E-state index is -0.584. The maximum atomic E-state index is 11.5. The Kier molecular flexibility index (Phi) is 7.38. The summed E-state index contributed by atoms with van der Waals surface area (Å²) >= 11 is 0. The van der Waals surface area contributed by atoms with Crippen molar-refractivity contribution in [2.24, 2.45) is 0 Å². The molecule has 0 radical (unpaired) electrons. The van der Waals surface area contributed by atoms with E-state index in [4.69, 9.17) is 9.15 Å². The van der Waals surface area contributed by atoms with Crippen LogP contribution in [0.5, 0.6) is 0 Å². The summed E-state index contributed by atoms with van der Waals surface area (Å²) in [4.78, 5) is 22.9. The van der Waals surface area contributed by atoms with Crippen LogP contribution in [-0.2, 0) is 9.53 Å². The predicted octanol–water partition coefficient (Wildman–Crippen LogP) is -0.0869. The maximum absolute atomic E-state index is 11.5. The number of rotatable bonds is 9. The molecular formula is C13H20N2O5. The Hall–Kier alpha value is -1.86. The molecule has 1 heterocycles. The highest BCUT2D eigenvalue weighted by molar-refractivity contribution is 5.91. The number of amides is 2. The third kappa shape index (κ3) is 6.35. The molecule has 7 heteroatoms. The number of carbonyl (C=O) groups is 2. The summed E-state index contributed by atoms with van der Waals surface area (Å²) in [5, 5.41) is 14.6. The molecule has 0 aromatic carbocycles. The van der Waals surface area contributed by atoms with Crippen LogP contribution in [0.3, 0.4) is 0 Å². The largest absolute Gasteiger partial charge is 0.459 e. The van der Waals surface area contributed by atoms with E-state index in [1.54, 1.807) is 12.1 Å². The highest BCUT2D eigenvalue weighted by atomic mass is 16.5. The minimum Gasteiger partial charge on any atom is -0.459 e. The number of methoxy groups -OCH3 is 1. The number of aliphatic hydroxyl groups is 1. The van der Waals surface area contributed by atoms with Crippen LogP contribution < -0.4 is 10.6 Å². The van der Waals surface area contributed by atoms with E-state index >= 15 is 0 Å². The van der Waals surface area contributed by atoms with Gasteiger partial charge in [0.1, 0.15) is 0 Å². The standard InChI is InChI=1S/C13H20N2O5/c1-19-9-10(16)4-6-14-12(17)5-7-15-13(18)11-3-2-8-20-11/h2-3,8,10,16H,4-7,9H2,1H3,(H,14,17)(H,15,18). The molecule has 20 heavy (non-hydrogen) atoms. The van der Waals surface area contributed by atoms with Gasteiger partial charge < -0.3 is 24.9 Å². The van der Waals surface area contributed by atoms with Crippen LogP contribution in [0.15, 0.2) is 22.8 Å². The van der Waals surface area contributed by atoms with E-state index in [1.165, 1.54) is 13.4 Å². The van der Waals surface area contributed by atoms with Crippen LogP contribution >= 0.6 is 0 Å². The molecule has 2 amide bonds. The summed E-state index contributed by atoms with van der Waals surface area (Å²) in [5.74, 6) is -0.319. The number of ether oxygens (including phenoxy) is 1. The van der Waals surface area contributed by atoms with E-state index < -0.39 is 6.10 Å². The van der Waals surface area contributed by atoms with E-state index in [0.717, 1.165) is 0 Å². The number of aliphatic hydroxyl groups excluding tert-OH is 1. The van der Waals surface area contributed by atoms with Gasteiger partial charge in [-0.15, -0.1) is 0 Å². The number of hydrogen-bond acceptors (Lipinski definition) is 5. The summed E-state index contributed by atoms with van der Waals surface area (Å²) in [7, 11) is 1.50. The van der Waals surface area contributed by atoms with Crippen molar-refractivity contribution < 1.29 is 23.8 Å². The molecule has 1 unspecified atom stereocenters. The Bertz CT molecular complexity index is 405. The monoisotopic (exact) mass is 284 g/mol. The average molecular weight is 284 g/mol. The van der Waals surface area contributed by atoms with Crippen molar-refractivity contribution in [3.8, 4) is 0 Å². The van der Waals surface area contributed by atoms with Crippen molar-refractivity contribution in [1.82, 2.24) is 10.6 Å². The first-order chi connectivity index (χ1) is 9.63. The average Bonchev–Trinajstić information content (AvgIpc) is 2.93. The molecule has 0 fully saturated rings. The van der Waals surface area contributed by atoms with Gasteiger partial charge in [0.15, 0.2) is 5.76 Å². The van der Waals surface area contributed by atoms with Gasteiger partial charge in [-0.1, -0.05) is 0 Å². The van der Waals surface area contributed by atoms with E-state index in [1.807, 2.05) is 0 Å². The summed E-state index contributed by atoms with van der Waals surface area (Å²) in [6.45, 7) is 0.844. The summed E-state index contributed by atoms with van der Waals surface area (Å²) in [6, 6.07) is 3.17. The fraction of sp³-hybridized carbons (Fsp3) is 0.538. The third-order valence-electron chi connectivity index (χ3n) is 2.54.